The predicted octanol–water partition coefficient (Wildman–Crippen LogP) is 4.42. The summed E-state index contributed by atoms with van der Waals surface area (Å²) < 4.78 is 31.5. The SMILES string of the molecule is Cc1cccc(OCCNC(=O)c2ccc(CN(c3ccccc3Cl)S(C)(=O)=O)cc2)c1. The fraction of sp³-hybridized carbons (Fsp3) is 0.208. The second-order valence-corrected chi connectivity index (χ2v) is 9.65. The fourth-order valence-corrected chi connectivity index (χ4v) is 4.29. The Morgan fingerprint density at radius 1 is 1.03 bits per heavy atom. The van der Waals surface area contributed by atoms with Crippen LogP contribution >= 0.6 is 11.6 Å². The molecule has 32 heavy (non-hydrogen) atoms. The number of carbonyl (C=O) groups excluding carboxylic acids is 1. The molecule has 0 unspecified atom stereocenters. The molecule has 0 aliphatic heterocycles. The van der Waals surface area contributed by atoms with E-state index in [9.17, 15) is 13.2 Å². The largest absolute Gasteiger partial charge is 0.492 e. The molecule has 0 heterocycles. The monoisotopic (exact) mass is 472 g/mol. The van der Waals surface area contributed by atoms with Crippen molar-refractivity contribution in [1.29, 1.82) is 0 Å². The van der Waals surface area contributed by atoms with Crippen molar-refractivity contribution < 1.29 is 17.9 Å². The van der Waals surface area contributed by atoms with Crippen molar-refractivity contribution in [1.82, 2.24) is 5.32 Å². The molecule has 6 nitrogen and oxygen atoms in total. The highest BCUT2D eigenvalue weighted by atomic mass is 35.5. The minimum absolute atomic E-state index is 0.106. The van der Waals surface area contributed by atoms with Gasteiger partial charge in [0, 0.05) is 5.56 Å². The second-order valence-electron chi connectivity index (χ2n) is 7.34. The van der Waals surface area contributed by atoms with Crippen LogP contribution in [0, 0.1) is 6.92 Å². The van der Waals surface area contributed by atoms with Crippen LogP contribution in [-0.4, -0.2) is 33.7 Å². The van der Waals surface area contributed by atoms with Gasteiger partial charge in [-0.3, -0.25) is 9.10 Å². The number of hydrogen-bond donors (Lipinski definition) is 1. The molecular weight excluding hydrogens is 448 g/mol. The van der Waals surface area contributed by atoms with Gasteiger partial charge in [-0.25, -0.2) is 8.42 Å². The number of halogens is 1. The summed E-state index contributed by atoms with van der Waals surface area (Å²) in [6, 6.07) is 21.3. The molecule has 0 aromatic heterocycles. The molecule has 1 N–H and O–H groups in total. The molecule has 0 bridgehead atoms. The third kappa shape index (κ3) is 6.48. The van der Waals surface area contributed by atoms with Gasteiger partial charge in [0.15, 0.2) is 0 Å². The third-order valence-electron chi connectivity index (χ3n) is 4.71. The Balaban J connectivity index is 1.58. The summed E-state index contributed by atoms with van der Waals surface area (Å²) in [5.41, 5.74) is 2.73. The average molecular weight is 473 g/mol. The first-order valence-electron chi connectivity index (χ1n) is 10.0. The van der Waals surface area contributed by atoms with Crippen molar-refractivity contribution in [3.05, 3.63) is 94.5 Å². The summed E-state index contributed by atoms with van der Waals surface area (Å²) in [7, 11) is -3.55. The van der Waals surface area contributed by atoms with E-state index in [1.165, 1.54) is 4.31 Å². The lowest BCUT2D eigenvalue weighted by molar-refractivity contribution is 0.0947. The molecule has 168 valence electrons. The molecular formula is C24H25ClN2O4S. The van der Waals surface area contributed by atoms with E-state index in [0.29, 0.717) is 29.4 Å². The molecule has 0 saturated heterocycles. The quantitative estimate of drug-likeness (QED) is 0.467. The van der Waals surface area contributed by atoms with Crippen LogP contribution < -0.4 is 14.4 Å². The van der Waals surface area contributed by atoms with Gasteiger partial charge < -0.3 is 10.1 Å². The molecule has 3 aromatic carbocycles. The van der Waals surface area contributed by atoms with Gasteiger partial charge in [-0.15, -0.1) is 0 Å². The Morgan fingerprint density at radius 3 is 2.41 bits per heavy atom. The Labute approximate surface area is 193 Å². The predicted molar refractivity (Wildman–Crippen MR) is 128 cm³/mol. The van der Waals surface area contributed by atoms with Gasteiger partial charge in [0.25, 0.3) is 5.91 Å². The first-order chi connectivity index (χ1) is 15.2. The van der Waals surface area contributed by atoms with Crippen molar-refractivity contribution in [3.8, 4) is 5.75 Å². The van der Waals surface area contributed by atoms with Crippen LogP contribution in [0.1, 0.15) is 21.5 Å². The summed E-state index contributed by atoms with van der Waals surface area (Å²) in [5.74, 6) is 0.535. The number of nitrogens with zero attached hydrogens (tertiary/aromatic N) is 1. The van der Waals surface area contributed by atoms with Crippen LogP contribution in [0.2, 0.25) is 5.02 Å². The first kappa shape index (κ1) is 23.6. The van der Waals surface area contributed by atoms with E-state index >= 15 is 0 Å². The highest BCUT2D eigenvalue weighted by Gasteiger charge is 2.20. The lowest BCUT2D eigenvalue weighted by atomic mass is 10.1. The maximum Gasteiger partial charge on any atom is 0.251 e. The maximum absolute atomic E-state index is 12.4. The summed E-state index contributed by atoms with van der Waals surface area (Å²) in [6.07, 6.45) is 1.14. The number of ether oxygens (including phenoxy) is 1. The number of benzene rings is 3. The van der Waals surface area contributed by atoms with Crippen molar-refractivity contribution in [2.45, 2.75) is 13.5 Å². The van der Waals surface area contributed by atoms with Gasteiger partial charge in [0.05, 0.1) is 30.1 Å². The van der Waals surface area contributed by atoms with Crippen molar-refractivity contribution >= 4 is 33.2 Å². The number of sulfonamides is 1. The number of nitrogens with one attached hydrogen (secondary N) is 1. The molecule has 0 radical (unpaired) electrons. The number of para-hydroxylation sites is 1. The van der Waals surface area contributed by atoms with Gasteiger partial charge in [0.2, 0.25) is 10.0 Å². The lowest BCUT2D eigenvalue weighted by Gasteiger charge is -2.23. The highest BCUT2D eigenvalue weighted by molar-refractivity contribution is 7.92. The van der Waals surface area contributed by atoms with E-state index < -0.39 is 10.0 Å². The maximum atomic E-state index is 12.4. The average Bonchev–Trinajstić information content (AvgIpc) is 2.75. The molecule has 0 fully saturated rings. The van der Waals surface area contributed by atoms with Gasteiger partial charge in [-0.05, 0) is 54.4 Å². The number of aryl methyl sites for hydroxylation is 1. The van der Waals surface area contributed by atoms with E-state index in [2.05, 4.69) is 5.32 Å². The molecule has 8 heteroatoms. The van der Waals surface area contributed by atoms with E-state index in [0.717, 1.165) is 23.1 Å². The van der Waals surface area contributed by atoms with Crippen molar-refractivity contribution in [2.24, 2.45) is 0 Å². The summed E-state index contributed by atoms with van der Waals surface area (Å²) in [5, 5.41) is 3.16. The lowest BCUT2D eigenvalue weighted by Crippen LogP contribution is -2.30. The van der Waals surface area contributed by atoms with Crippen molar-refractivity contribution in [2.75, 3.05) is 23.7 Å². The second kappa shape index (κ2) is 10.5. The van der Waals surface area contributed by atoms with E-state index in [4.69, 9.17) is 16.3 Å². The third-order valence-corrected chi connectivity index (χ3v) is 6.16. The fourth-order valence-electron chi connectivity index (χ4n) is 3.10. The number of amides is 1. The normalized spacial score (nSPS) is 11.1. The zero-order valence-corrected chi connectivity index (χ0v) is 19.5. The topological polar surface area (TPSA) is 75.7 Å². The van der Waals surface area contributed by atoms with Crippen LogP contribution in [-0.2, 0) is 16.6 Å². The Morgan fingerprint density at radius 2 is 1.75 bits per heavy atom. The van der Waals surface area contributed by atoms with Gasteiger partial charge >= 0.3 is 0 Å². The van der Waals surface area contributed by atoms with Crippen LogP contribution in [0.4, 0.5) is 5.69 Å². The molecule has 0 atom stereocenters. The van der Waals surface area contributed by atoms with Crippen molar-refractivity contribution in [3.63, 3.8) is 0 Å². The number of carbonyl (C=O) groups is 1. The van der Waals surface area contributed by atoms with Gasteiger partial charge in [0.1, 0.15) is 12.4 Å². The zero-order chi connectivity index (χ0) is 23.1. The van der Waals surface area contributed by atoms with Gasteiger partial charge in [-0.2, -0.15) is 0 Å². The first-order valence-corrected chi connectivity index (χ1v) is 12.3. The molecule has 3 aromatic rings. The molecule has 0 aliphatic rings. The van der Waals surface area contributed by atoms with Gasteiger partial charge in [-0.1, -0.05) is 48.0 Å². The molecule has 1 amide bonds. The van der Waals surface area contributed by atoms with Crippen LogP contribution in [0.3, 0.4) is 0 Å². The minimum atomic E-state index is -3.55. The number of rotatable bonds is 9. The number of hydrogen-bond acceptors (Lipinski definition) is 4. The van der Waals surface area contributed by atoms with E-state index in [-0.39, 0.29) is 12.5 Å². The Kier molecular flexibility index (Phi) is 7.77. The highest BCUT2D eigenvalue weighted by Crippen LogP contribution is 2.28. The Bertz CT molecular complexity index is 1180. The van der Waals surface area contributed by atoms with Crippen LogP contribution in [0.5, 0.6) is 5.75 Å². The van der Waals surface area contributed by atoms with Crippen LogP contribution in [0.15, 0.2) is 72.8 Å². The summed E-state index contributed by atoms with van der Waals surface area (Å²) >= 11 is 6.20. The van der Waals surface area contributed by atoms with E-state index in [1.54, 1.807) is 48.5 Å². The zero-order valence-electron chi connectivity index (χ0n) is 17.9. The number of anilines is 1. The minimum Gasteiger partial charge on any atom is -0.492 e. The standard InChI is InChI=1S/C24H25ClN2O4S/c1-18-6-5-7-21(16-18)31-15-14-26-24(28)20-12-10-19(11-13-20)17-27(32(2,29)30)23-9-4-3-8-22(23)25/h3-13,16H,14-15,17H2,1-2H3,(H,26,28). The summed E-state index contributed by atoms with van der Waals surface area (Å²) in [6.45, 7) is 2.81. The molecule has 0 spiro atoms. The molecule has 0 aliphatic carbocycles. The summed E-state index contributed by atoms with van der Waals surface area (Å²) in [4.78, 5) is 12.4. The Hall–Kier alpha value is -3.03. The molecule has 0 saturated carbocycles. The van der Waals surface area contributed by atoms with Crippen LogP contribution in [0.25, 0.3) is 0 Å². The van der Waals surface area contributed by atoms with E-state index in [1.807, 2.05) is 31.2 Å². The molecule has 3 rings (SSSR count). The smallest absolute Gasteiger partial charge is 0.251 e.